The fourth-order valence-corrected chi connectivity index (χ4v) is 1.83. The van der Waals surface area contributed by atoms with Gasteiger partial charge in [0.2, 0.25) is 0 Å². The van der Waals surface area contributed by atoms with Crippen molar-refractivity contribution in [2.75, 3.05) is 0 Å². The quantitative estimate of drug-likeness (QED) is 0.938. The van der Waals surface area contributed by atoms with Crippen LogP contribution < -0.4 is 5.73 Å². The van der Waals surface area contributed by atoms with Crippen LogP contribution in [0.1, 0.15) is 32.5 Å². The number of nitrogens with two attached hydrogens (primary N) is 1. The first-order valence-corrected chi connectivity index (χ1v) is 6.27. The van der Waals surface area contributed by atoms with Crippen molar-refractivity contribution in [3.05, 3.63) is 22.6 Å². The highest BCUT2D eigenvalue weighted by molar-refractivity contribution is 9.10. The molecule has 2 aromatic rings. The van der Waals surface area contributed by atoms with E-state index in [1.165, 1.54) is 0 Å². The minimum atomic E-state index is -0.536. The molecule has 2 heterocycles. The smallest absolute Gasteiger partial charge is 0.293 e. The molecule has 2 N–H and O–H groups in total. The molecule has 0 radical (unpaired) electrons. The third kappa shape index (κ3) is 2.28. The monoisotopic (exact) mass is 299 g/mol. The molecule has 2 aromatic heterocycles. The van der Waals surface area contributed by atoms with Crippen LogP contribution in [0.25, 0.3) is 11.7 Å². The molecule has 0 spiro atoms. The maximum atomic E-state index is 6.19. The molecule has 0 aliphatic heterocycles. The van der Waals surface area contributed by atoms with Crippen LogP contribution in [0.15, 0.2) is 25.7 Å². The molecule has 0 amide bonds. The van der Waals surface area contributed by atoms with Gasteiger partial charge in [0.25, 0.3) is 5.89 Å². The third-order valence-electron chi connectivity index (χ3n) is 2.92. The van der Waals surface area contributed by atoms with Gasteiger partial charge < -0.3 is 14.7 Å². The lowest BCUT2D eigenvalue weighted by Crippen LogP contribution is -2.36. The molecule has 0 atom stereocenters. The zero-order valence-electron chi connectivity index (χ0n) is 9.74. The highest BCUT2D eigenvalue weighted by Gasteiger charge is 2.29. The number of rotatable bonds is 4. The number of furan rings is 1. The van der Waals surface area contributed by atoms with E-state index in [9.17, 15) is 0 Å². The van der Waals surface area contributed by atoms with Gasteiger partial charge in [-0.25, -0.2) is 0 Å². The second-order valence-corrected chi connectivity index (χ2v) is 4.67. The molecule has 0 saturated heterocycles. The Morgan fingerprint density at radius 2 is 2.06 bits per heavy atom. The van der Waals surface area contributed by atoms with Crippen LogP contribution >= 0.6 is 15.9 Å². The summed E-state index contributed by atoms with van der Waals surface area (Å²) in [4.78, 5) is 4.29. The maximum Gasteiger partial charge on any atom is 0.293 e. The van der Waals surface area contributed by atoms with Crippen molar-refractivity contribution in [1.29, 1.82) is 0 Å². The molecule has 0 bridgehead atoms. The first-order valence-electron chi connectivity index (χ1n) is 5.48. The topological polar surface area (TPSA) is 78.1 Å². The molecule has 5 nitrogen and oxygen atoms in total. The van der Waals surface area contributed by atoms with Gasteiger partial charge in [-0.3, -0.25) is 0 Å². The summed E-state index contributed by atoms with van der Waals surface area (Å²) >= 11 is 3.22. The van der Waals surface area contributed by atoms with Gasteiger partial charge in [-0.05, 0) is 40.9 Å². The molecule has 92 valence electrons. The van der Waals surface area contributed by atoms with E-state index in [1.807, 2.05) is 13.8 Å². The van der Waals surface area contributed by atoms with Crippen molar-refractivity contribution in [3.8, 4) is 11.7 Å². The Morgan fingerprint density at radius 3 is 2.59 bits per heavy atom. The summed E-state index contributed by atoms with van der Waals surface area (Å²) in [6.45, 7) is 4.01. The first-order chi connectivity index (χ1) is 8.09. The van der Waals surface area contributed by atoms with Gasteiger partial charge in [-0.1, -0.05) is 19.0 Å². The van der Waals surface area contributed by atoms with Crippen molar-refractivity contribution >= 4 is 15.9 Å². The normalized spacial score (nSPS) is 12.0. The summed E-state index contributed by atoms with van der Waals surface area (Å²) in [6, 6.07) is 3.53. The largest absolute Gasteiger partial charge is 0.444 e. The van der Waals surface area contributed by atoms with E-state index in [1.54, 1.807) is 12.1 Å². The van der Waals surface area contributed by atoms with Crippen LogP contribution in [0.4, 0.5) is 0 Å². The van der Waals surface area contributed by atoms with Gasteiger partial charge in [0.15, 0.2) is 16.3 Å². The Morgan fingerprint density at radius 1 is 1.35 bits per heavy atom. The average Bonchev–Trinajstić information content (AvgIpc) is 2.96. The van der Waals surface area contributed by atoms with Crippen LogP contribution in [-0.4, -0.2) is 10.1 Å². The Bertz CT molecular complexity index is 502. The molecule has 0 saturated carbocycles. The van der Waals surface area contributed by atoms with Crippen molar-refractivity contribution in [2.45, 2.75) is 32.2 Å². The molecule has 0 aliphatic carbocycles. The van der Waals surface area contributed by atoms with Crippen LogP contribution in [0.5, 0.6) is 0 Å². The molecule has 17 heavy (non-hydrogen) atoms. The second-order valence-electron chi connectivity index (χ2n) is 3.89. The van der Waals surface area contributed by atoms with E-state index in [0.29, 0.717) is 22.1 Å². The predicted molar refractivity (Wildman–Crippen MR) is 66.1 cm³/mol. The lowest BCUT2D eigenvalue weighted by Gasteiger charge is -2.21. The highest BCUT2D eigenvalue weighted by Crippen LogP contribution is 2.27. The fourth-order valence-electron chi connectivity index (χ4n) is 1.52. The fraction of sp³-hybridized carbons (Fsp3) is 0.455. The summed E-state index contributed by atoms with van der Waals surface area (Å²) in [5, 5.41) is 3.93. The molecule has 0 unspecified atom stereocenters. The Kier molecular flexibility index (Phi) is 3.35. The summed E-state index contributed by atoms with van der Waals surface area (Å²) in [5.41, 5.74) is 5.65. The third-order valence-corrected chi connectivity index (χ3v) is 3.34. The Hall–Kier alpha value is -1.14. The number of hydrogen-bond donors (Lipinski definition) is 1. The highest BCUT2D eigenvalue weighted by atomic mass is 79.9. The van der Waals surface area contributed by atoms with Crippen LogP contribution in [-0.2, 0) is 5.54 Å². The molecule has 0 aromatic carbocycles. The SMILES string of the molecule is CCC(N)(CC)c1noc(-c2ccc(Br)o2)n1. The summed E-state index contributed by atoms with van der Waals surface area (Å²) in [7, 11) is 0. The Balaban J connectivity index is 2.33. The zero-order chi connectivity index (χ0) is 12.5. The van der Waals surface area contributed by atoms with Gasteiger partial charge in [-0.2, -0.15) is 4.98 Å². The van der Waals surface area contributed by atoms with E-state index in [2.05, 4.69) is 26.1 Å². The van der Waals surface area contributed by atoms with Gasteiger partial charge >= 0.3 is 0 Å². The van der Waals surface area contributed by atoms with Gasteiger partial charge in [0, 0.05) is 0 Å². The maximum absolute atomic E-state index is 6.19. The Labute approximate surface area is 107 Å². The lowest BCUT2D eigenvalue weighted by molar-refractivity contribution is 0.347. The van der Waals surface area contributed by atoms with Crippen LogP contribution in [0.2, 0.25) is 0 Å². The lowest BCUT2D eigenvalue weighted by atomic mass is 9.93. The van der Waals surface area contributed by atoms with E-state index in [0.717, 1.165) is 12.8 Å². The predicted octanol–water partition coefficient (Wildman–Crippen LogP) is 3.07. The second kappa shape index (κ2) is 4.62. The van der Waals surface area contributed by atoms with Gasteiger partial charge in [0.05, 0.1) is 5.54 Å². The summed E-state index contributed by atoms with van der Waals surface area (Å²) < 4.78 is 11.1. The molecular weight excluding hydrogens is 286 g/mol. The number of nitrogens with zero attached hydrogens (tertiary/aromatic N) is 2. The summed E-state index contributed by atoms with van der Waals surface area (Å²) in [5.74, 6) is 1.40. The van der Waals surface area contributed by atoms with E-state index in [-0.39, 0.29) is 0 Å². The van der Waals surface area contributed by atoms with Crippen molar-refractivity contribution in [3.63, 3.8) is 0 Å². The van der Waals surface area contributed by atoms with Crippen molar-refractivity contribution in [2.24, 2.45) is 5.73 Å². The number of halogens is 1. The molecular formula is C11H14BrN3O2. The van der Waals surface area contributed by atoms with Crippen LogP contribution in [0, 0.1) is 0 Å². The van der Waals surface area contributed by atoms with E-state index < -0.39 is 5.54 Å². The van der Waals surface area contributed by atoms with E-state index >= 15 is 0 Å². The van der Waals surface area contributed by atoms with E-state index in [4.69, 9.17) is 14.7 Å². The zero-order valence-corrected chi connectivity index (χ0v) is 11.3. The molecule has 0 aliphatic rings. The first kappa shape index (κ1) is 12.3. The van der Waals surface area contributed by atoms with Crippen molar-refractivity contribution < 1.29 is 8.94 Å². The minimum Gasteiger partial charge on any atom is -0.444 e. The molecule has 0 fully saturated rings. The van der Waals surface area contributed by atoms with Gasteiger partial charge in [0.1, 0.15) is 0 Å². The molecule has 2 rings (SSSR count). The van der Waals surface area contributed by atoms with Crippen molar-refractivity contribution in [1.82, 2.24) is 10.1 Å². The van der Waals surface area contributed by atoms with Gasteiger partial charge in [-0.15, -0.1) is 0 Å². The standard InChI is InChI=1S/C11H14BrN3O2/c1-3-11(13,4-2)10-14-9(17-15-10)7-5-6-8(12)16-7/h5-6H,3-4,13H2,1-2H3. The average molecular weight is 300 g/mol. The van der Waals surface area contributed by atoms with Crippen LogP contribution in [0.3, 0.4) is 0 Å². The minimum absolute atomic E-state index is 0.349. The number of aromatic nitrogens is 2. The number of hydrogen-bond acceptors (Lipinski definition) is 5. The molecule has 6 heteroatoms. The summed E-state index contributed by atoms with van der Waals surface area (Å²) in [6.07, 6.45) is 1.51.